The van der Waals surface area contributed by atoms with Gasteiger partial charge in [0.2, 0.25) is 0 Å². The zero-order valence-corrected chi connectivity index (χ0v) is 14.4. The highest BCUT2D eigenvalue weighted by atomic mass is 16.6. The quantitative estimate of drug-likeness (QED) is 0.700. The predicted octanol–water partition coefficient (Wildman–Crippen LogP) is 4.71. The van der Waals surface area contributed by atoms with Crippen molar-refractivity contribution >= 4 is 0 Å². The van der Waals surface area contributed by atoms with Gasteiger partial charge in [0.25, 0.3) is 0 Å². The van der Waals surface area contributed by atoms with E-state index in [1.54, 1.807) is 18.2 Å². The molecular weight excluding hydrogens is 284 g/mol. The van der Waals surface area contributed by atoms with Crippen molar-refractivity contribution in [2.45, 2.75) is 63.4 Å². The topological polar surface area (TPSA) is 21.8 Å². The van der Waals surface area contributed by atoms with Crippen LogP contribution in [-0.2, 0) is 11.2 Å². The van der Waals surface area contributed by atoms with Crippen molar-refractivity contribution in [2.75, 3.05) is 13.7 Å². The Balaban J connectivity index is 1.51. The number of benzene rings is 1. The minimum Gasteiger partial charge on any atom is -0.497 e. The van der Waals surface area contributed by atoms with E-state index >= 15 is 0 Å². The smallest absolute Gasteiger partial charge is 0.119 e. The van der Waals surface area contributed by atoms with Crippen molar-refractivity contribution in [2.24, 2.45) is 17.3 Å². The van der Waals surface area contributed by atoms with E-state index in [0.717, 1.165) is 30.1 Å². The molecule has 0 radical (unpaired) electrons. The second-order valence-corrected chi connectivity index (χ2v) is 8.61. The third-order valence-electron chi connectivity index (χ3n) is 7.95. The number of hydrogen-bond donors (Lipinski definition) is 0. The van der Waals surface area contributed by atoms with Gasteiger partial charge in [-0.25, -0.2) is 0 Å². The van der Waals surface area contributed by atoms with Gasteiger partial charge >= 0.3 is 0 Å². The molecule has 0 amide bonds. The molecule has 1 saturated heterocycles. The average molecular weight is 312 g/mol. The summed E-state index contributed by atoms with van der Waals surface area (Å²) in [6.07, 6.45) is 9.40. The van der Waals surface area contributed by atoms with Crippen LogP contribution >= 0.6 is 0 Å². The van der Waals surface area contributed by atoms with Crippen LogP contribution in [0, 0.1) is 17.3 Å². The molecule has 3 fully saturated rings. The Bertz CT molecular complexity index is 633. The maximum Gasteiger partial charge on any atom is 0.119 e. The summed E-state index contributed by atoms with van der Waals surface area (Å²) < 4.78 is 11.5. The van der Waals surface area contributed by atoms with E-state index in [1.807, 2.05) is 0 Å². The van der Waals surface area contributed by atoms with Crippen LogP contribution in [0.3, 0.4) is 0 Å². The van der Waals surface area contributed by atoms with Gasteiger partial charge in [0, 0.05) is 5.41 Å². The molecule has 3 aliphatic carbocycles. The van der Waals surface area contributed by atoms with E-state index in [-0.39, 0.29) is 5.60 Å². The summed E-state index contributed by atoms with van der Waals surface area (Å²) in [5.41, 5.74) is 3.88. The maximum absolute atomic E-state index is 6.07. The predicted molar refractivity (Wildman–Crippen MR) is 90.9 cm³/mol. The molecule has 0 bridgehead atoms. The van der Waals surface area contributed by atoms with Gasteiger partial charge in [-0.2, -0.15) is 0 Å². The first-order chi connectivity index (χ1) is 11.2. The summed E-state index contributed by atoms with van der Waals surface area (Å²) in [6, 6.07) is 6.81. The Morgan fingerprint density at radius 3 is 2.83 bits per heavy atom. The lowest BCUT2D eigenvalue weighted by molar-refractivity contribution is -0.0658. The molecule has 1 spiro atoms. The Kier molecular flexibility index (Phi) is 2.96. The van der Waals surface area contributed by atoms with Crippen LogP contribution in [0.25, 0.3) is 0 Å². The molecule has 2 nitrogen and oxygen atoms in total. The lowest BCUT2D eigenvalue weighted by Gasteiger charge is -2.56. The van der Waals surface area contributed by atoms with Crippen molar-refractivity contribution < 1.29 is 9.47 Å². The van der Waals surface area contributed by atoms with Gasteiger partial charge in [-0.05, 0) is 79.5 Å². The lowest BCUT2D eigenvalue weighted by Crippen LogP contribution is -2.53. The number of ether oxygens (including phenoxy) is 2. The molecule has 1 aromatic carbocycles. The fourth-order valence-corrected chi connectivity index (χ4v) is 6.56. The first-order valence-electron chi connectivity index (χ1n) is 9.48. The molecule has 0 N–H and O–H groups in total. The maximum atomic E-state index is 6.07. The zero-order chi connectivity index (χ0) is 15.7. The minimum atomic E-state index is 0.265. The van der Waals surface area contributed by atoms with Crippen LogP contribution in [-0.4, -0.2) is 19.3 Å². The highest BCUT2D eigenvalue weighted by Gasteiger charge is 2.66. The van der Waals surface area contributed by atoms with Crippen LogP contribution in [0.1, 0.15) is 62.5 Å². The molecule has 23 heavy (non-hydrogen) atoms. The Labute approximate surface area is 139 Å². The minimum absolute atomic E-state index is 0.265. The van der Waals surface area contributed by atoms with E-state index in [2.05, 4.69) is 25.1 Å². The third kappa shape index (κ3) is 1.85. The number of hydrogen-bond acceptors (Lipinski definition) is 2. The van der Waals surface area contributed by atoms with Gasteiger partial charge < -0.3 is 9.47 Å². The van der Waals surface area contributed by atoms with E-state index < -0.39 is 0 Å². The molecule has 4 aliphatic rings. The van der Waals surface area contributed by atoms with Crippen LogP contribution in [0.4, 0.5) is 0 Å². The molecule has 2 heteroatoms. The van der Waals surface area contributed by atoms with Gasteiger partial charge in [0.15, 0.2) is 0 Å². The summed E-state index contributed by atoms with van der Waals surface area (Å²) in [7, 11) is 1.77. The molecule has 124 valence electrons. The summed E-state index contributed by atoms with van der Waals surface area (Å²) in [5.74, 6) is 3.53. The second-order valence-electron chi connectivity index (χ2n) is 8.61. The molecule has 1 heterocycles. The monoisotopic (exact) mass is 312 g/mol. The number of epoxide rings is 1. The van der Waals surface area contributed by atoms with Gasteiger partial charge in [-0.15, -0.1) is 0 Å². The number of fused-ring (bicyclic) bond motifs is 6. The van der Waals surface area contributed by atoms with Crippen molar-refractivity contribution in [3.05, 3.63) is 29.3 Å². The van der Waals surface area contributed by atoms with E-state index in [9.17, 15) is 0 Å². The van der Waals surface area contributed by atoms with Crippen molar-refractivity contribution in [1.29, 1.82) is 0 Å². The fourth-order valence-electron chi connectivity index (χ4n) is 6.56. The largest absolute Gasteiger partial charge is 0.497 e. The fraction of sp³-hybridized carbons (Fsp3) is 0.714. The molecule has 0 aromatic heterocycles. The van der Waals surface area contributed by atoms with Crippen molar-refractivity contribution in [3.63, 3.8) is 0 Å². The number of rotatable bonds is 1. The van der Waals surface area contributed by atoms with E-state index in [0.29, 0.717) is 5.41 Å². The first-order valence-corrected chi connectivity index (χ1v) is 9.48. The van der Waals surface area contributed by atoms with E-state index in [1.165, 1.54) is 44.9 Å². The molecule has 1 aliphatic heterocycles. The van der Waals surface area contributed by atoms with Gasteiger partial charge in [-0.3, -0.25) is 0 Å². The van der Waals surface area contributed by atoms with Crippen LogP contribution in [0.5, 0.6) is 5.75 Å². The number of aryl methyl sites for hydroxylation is 1. The summed E-state index contributed by atoms with van der Waals surface area (Å²) >= 11 is 0. The molecule has 1 aromatic rings. The van der Waals surface area contributed by atoms with Crippen molar-refractivity contribution in [1.82, 2.24) is 0 Å². The SMILES string of the molecule is COc1ccc2c(c1)CC[C@@H]1C2CC[C@@]2(C)[C@H]1CCC[C@@]21CO1. The summed E-state index contributed by atoms with van der Waals surface area (Å²) in [4.78, 5) is 0. The Hall–Kier alpha value is -1.02. The Morgan fingerprint density at radius 2 is 2.04 bits per heavy atom. The molecular formula is C21H28O2. The van der Waals surface area contributed by atoms with Crippen LogP contribution in [0.15, 0.2) is 18.2 Å². The first kappa shape index (κ1) is 14.3. The van der Waals surface area contributed by atoms with Crippen LogP contribution < -0.4 is 4.74 Å². The van der Waals surface area contributed by atoms with Gasteiger partial charge in [-0.1, -0.05) is 19.4 Å². The van der Waals surface area contributed by atoms with Gasteiger partial charge in [0.1, 0.15) is 5.75 Å². The summed E-state index contributed by atoms with van der Waals surface area (Å²) in [6.45, 7) is 3.59. The Morgan fingerprint density at radius 1 is 1.17 bits per heavy atom. The highest BCUT2D eigenvalue weighted by molar-refractivity contribution is 5.40. The van der Waals surface area contributed by atoms with Crippen LogP contribution in [0.2, 0.25) is 0 Å². The van der Waals surface area contributed by atoms with Crippen molar-refractivity contribution in [3.8, 4) is 5.75 Å². The summed E-state index contributed by atoms with van der Waals surface area (Å²) in [5, 5.41) is 0. The highest BCUT2D eigenvalue weighted by Crippen LogP contribution is 2.66. The molecule has 5 rings (SSSR count). The standard InChI is InChI=1S/C21H28O2/c1-20-11-9-17-16-8-6-15(22-2)12-14(16)5-7-18(17)19(20)4-3-10-21(20)13-23-21/h6,8,12,17-19H,3-5,7,9-11,13H2,1-2H3/t17?,18-,19+,20+,21-/m1/s1. The normalized spacial score (nSPS) is 44.2. The van der Waals surface area contributed by atoms with Gasteiger partial charge in [0.05, 0.1) is 19.3 Å². The molecule has 2 saturated carbocycles. The second kappa shape index (κ2) is 4.75. The molecule has 5 atom stereocenters. The number of methoxy groups -OCH3 is 1. The average Bonchev–Trinajstić information content (AvgIpc) is 3.36. The zero-order valence-electron chi connectivity index (χ0n) is 14.4. The lowest BCUT2D eigenvalue weighted by atomic mass is 9.48. The molecule has 1 unspecified atom stereocenters. The third-order valence-corrected chi connectivity index (χ3v) is 7.95. The van der Waals surface area contributed by atoms with E-state index in [4.69, 9.17) is 9.47 Å².